The zero-order valence-corrected chi connectivity index (χ0v) is 10.8. The third-order valence-electron chi connectivity index (χ3n) is 3.72. The van der Waals surface area contributed by atoms with Gasteiger partial charge in [-0.1, -0.05) is 6.07 Å². The van der Waals surface area contributed by atoms with Gasteiger partial charge in [0, 0.05) is 16.6 Å². The van der Waals surface area contributed by atoms with Crippen LogP contribution in [0.15, 0.2) is 12.1 Å². The van der Waals surface area contributed by atoms with Crippen molar-refractivity contribution in [2.75, 3.05) is 0 Å². The fraction of sp³-hybridized carbons (Fsp3) is 0.333. The van der Waals surface area contributed by atoms with Crippen molar-refractivity contribution in [1.29, 1.82) is 5.41 Å². The van der Waals surface area contributed by atoms with Gasteiger partial charge in [0.2, 0.25) is 0 Å². The molecule has 0 bridgehead atoms. The number of rotatable bonds is 1. The van der Waals surface area contributed by atoms with Crippen LogP contribution in [-0.2, 0) is 12.8 Å². The molecule has 0 fully saturated rings. The summed E-state index contributed by atoms with van der Waals surface area (Å²) in [5.74, 6) is 0.174. The average molecular weight is 239 g/mol. The number of nitrogens with two attached hydrogens (primary N) is 1. The fourth-order valence-corrected chi connectivity index (χ4v) is 3.07. The number of benzene rings is 1. The fourth-order valence-electron chi connectivity index (χ4n) is 3.07. The van der Waals surface area contributed by atoms with Gasteiger partial charge >= 0.3 is 0 Å². The second-order valence-corrected chi connectivity index (χ2v) is 5.16. The Labute approximate surface area is 107 Å². The maximum Gasteiger partial charge on any atom is 0.123 e. The van der Waals surface area contributed by atoms with Gasteiger partial charge in [-0.3, -0.25) is 10.4 Å². The molecule has 18 heavy (non-hydrogen) atoms. The van der Waals surface area contributed by atoms with E-state index in [9.17, 15) is 0 Å². The second-order valence-electron chi connectivity index (χ2n) is 5.16. The van der Waals surface area contributed by atoms with Gasteiger partial charge in [-0.25, -0.2) is 0 Å². The number of nitrogen functional groups attached to an aromatic ring is 1. The van der Waals surface area contributed by atoms with E-state index in [1.54, 1.807) is 0 Å². The van der Waals surface area contributed by atoms with Crippen molar-refractivity contribution in [3.8, 4) is 0 Å². The first-order valence-corrected chi connectivity index (χ1v) is 6.35. The third kappa shape index (κ3) is 1.50. The van der Waals surface area contributed by atoms with Gasteiger partial charge in [0.15, 0.2) is 0 Å². The summed E-state index contributed by atoms with van der Waals surface area (Å²) in [4.78, 5) is 4.77. The van der Waals surface area contributed by atoms with Crippen molar-refractivity contribution in [3.05, 3.63) is 40.1 Å². The van der Waals surface area contributed by atoms with E-state index in [-0.39, 0.29) is 5.84 Å². The molecule has 0 unspecified atom stereocenters. The van der Waals surface area contributed by atoms with E-state index in [1.807, 2.05) is 0 Å². The third-order valence-corrected chi connectivity index (χ3v) is 3.72. The Kier molecular flexibility index (Phi) is 2.37. The number of nitrogens with zero attached hydrogens (tertiary/aromatic N) is 1. The SMILES string of the molecule is Cc1cc(C)c2c(C(=N)N)c3c(nc2c1)CCC3. The molecule has 1 aromatic heterocycles. The van der Waals surface area contributed by atoms with E-state index < -0.39 is 0 Å². The lowest BCUT2D eigenvalue weighted by Gasteiger charge is -2.13. The molecule has 0 radical (unpaired) electrons. The van der Waals surface area contributed by atoms with Gasteiger partial charge in [0.25, 0.3) is 0 Å². The van der Waals surface area contributed by atoms with Crippen LogP contribution in [0.5, 0.6) is 0 Å². The summed E-state index contributed by atoms with van der Waals surface area (Å²) in [5.41, 5.74) is 12.4. The van der Waals surface area contributed by atoms with Crippen LogP contribution in [0.25, 0.3) is 10.9 Å². The lowest BCUT2D eigenvalue weighted by atomic mass is 9.96. The molecule has 1 heterocycles. The zero-order chi connectivity index (χ0) is 12.9. The van der Waals surface area contributed by atoms with Crippen LogP contribution >= 0.6 is 0 Å². The van der Waals surface area contributed by atoms with Crippen molar-refractivity contribution in [1.82, 2.24) is 4.98 Å². The largest absolute Gasteiger partial charge is 0.384 e. The first-order valence-electron chi connectivity index (χ1n) is 6.35. The highest BCUT2D eigenvalue weighted by atomic mass is 14.8. The standard InChI is InChI=1S/C15H17N3/c1-8-6-9(2)13-12(7-8)18-11-5-3-4-10(11)14(13)15(16)17/h6-7H,3-5H2,1-2H3,(H3,16,17). The Bertz CT molecular complexity index is 671. The lowest BCUT2D eigenvalue weighted by Crippen LogP contribution is -2.16. The maximum absolute atomic E-state index is 7.89. The van der Waals surface area contributed by atoms with E-state index in [0.717, 1.165) is 47.0 Å². The molecule has 0 atom stereocenters. The van der Waals surface area contributed by atoms with Gasteiger partial charge in [-0.15, -0.1) is 0 Å². The highest BCUT2D eigenvalue weighted by Gasteiger charge is 2.21. The quantitative estimate of drug-likeness (QED) is 0.593. The minimum Gasteiger partial charge on any atom is -0.384 e. The Balaban J connectivity index is 2.50. The van der Waals surface area contributed by atoms with Gasteiger partial charge in [0.1, 0.15) is 5.84 Å². The summed E-state index contributed by atoms with van der Waals surface area (Å²) in [6.45, 7) is 4.15. The summed E-state index contributed by atoms with van der Waals surface area (Å²) in [5, 5.41) is 8.95. The molecule has 0 saturated heterocycles. The van der Waals surface area contributed by atoms with E-state index in [2.05, 4.69) is 26.0 Å². The number of aryl methyl sites for hydroxylation is 3. The number of fused-ring (bicyclic) bond motifs is 2. The highest BCUT2D eigenvalue weighted by molar-refractivity contribution is 6.09. The van der Waals surface area contributed by atoms with E-state index in [1.165, 1.54) is 11.1 Å². The van der Waals surface area contributed by atoms with Crippen LogP contribution in [0.4, 0.5) is 0 Å². The number of nitrogens with one attached hydrogen (secondary N) is 1. The van der Waals surface area contributed by atoms with Crippen LogP contribution in [0.3, 0.4) is 0 Å². The molecular weight excluding hydrogens is 222 g/mol. The minimum absolute atomic E-state index is 0.174. The van der Waals surface area contributed by atoms with Crippen molar-refractivity contribution in [2.24, 2.45) is 5.73 Å². The molecule has 2 aromatic rings. The van der Waals surface area contributed by atoms with Crippen molar-refractivity contribution in [3.63, 3.8) is 0 Å². The Morgan fingerprint density at radius 2 is 2.06 bits per heavy atom. The molecule has 92 valence electrons. The molecular formula is C15H17N3. The molecule has 3 heteroatoms. The molecule has 3 rings (SSSR count). The van der Waals surface area contributed by atoms with Crippen molar-refractivity contribution >= 4 is 16.7 Å². The highest BCUT2D eigenvalue weighted by Crippen LogP contribution is 2.31. The van der Waals surface area contributed by atoms with Crippen LogP contribution in [0.1, 0.15) is 34.4 Å². The first kappa shape index (κ1) is 11.2. The topological polar surface area (TPSA) is 62.8 Å². The number of hydrogen-bond acceptors (Lipinski definition) is 2. The molecule has 3 N–H and O–H groups in total. The van der Waals surface area contributed by atoms with Crippen molar-refractivity contribution < 1.29 is 0 Å². The molecule has 0 spiro atoms. The molecule has 3 nitrogen and oxygen atoms in total. The number of aromatic nitrogens is 1. The Hall–Kier alpha value is -1.90. The Morgan fingerprint density at radius 1 is 1.28 bits per heavy atom. The summed E-state index contributed by atoms with van der Waals surface area (Å²) in [6.07, 6.45) is 3.13. The summed E-state index contributed by atoms with van der Waals surface area (Å²) >= 11 is 0. The molecule has 0 aliphatic heterocycles. The average Bonchev–Trinajstić information content (AvgIpc) is 2.72. The predicted molar refractivity (Wildman–Crippen MR) is 74.3 cm³/mol. The number of amidine groups is 1. The van der Waals surface area contributed by atoms with Crippen LogP contribution in [-0.4, -0.2) is 10.8 Å². The molecule has 0 amide bonds. The second kappa shape index (κ2) is 3.80. The van der Waals surface area contributed by atoms with Crippen molar-refractivity contribution in [2.45, 2.75) is 33.1 Å². The lowest BCUT2D eigenvalue weighted by molar-refractivity contribution is 0.901. The van der Waals surface area contributed by atoms with Gasteiger partial charge in [0.05, 0.1) is 5.52 Å². The predicted octanol–water partition coefficient (Wildman–Crippen LogP) is 2.62. The van der Waals surface area contributed by atoms with Gasteiger partial charge < -0.3 is 5.73 Å². The number of hydrogen-bond donors (Lipinski definition) is 2. The number of pyridine rings is 1. The van der Waals surface area contributed by atoms with E-state index >= 15 is 0 Å². The summed E-state index contributed by atoms with van der Waals surface area (Å²) < 4.78 is 0. The maximum atomic E-state index is 7.89. The molecule has 1 aromatic carbocycles. The van der Waals surface area contributed by atoms with E-state index in [0.29, 0.717) is 0 Å². The first-order chi connectivity index (χ1) is 8.58. The van der Waals surface area contributed by atoms with Crippen LogP contribution in [0, 0.1) is 19.3 Å². The van der Waals surface area contributed by atoms with Gasteiger partial charge in [-0.05, 0) is 55.9 Å². The molecule has 1 aliphatic rings. The van der Waals surface area contributed by atoms with Crippen LogP contribution < -0.4 is 5.73 Å². The monoisotopic (exact) mass is 239 g/mol. The van der Waals surface area contributed by atoms with Gasteiger partial charge in [-0.2, -0.15) is 0 Å². The Morgan fingerprint density at radius 3 is 2.78 bits per heavy atom. The van der Waals surface area contributed by atoms with E-state index in [4.69, 9.17) is 16.1 Å². The zero-order valence-electron chi connectivity index (χ0n) is 10.8. The smallest absolute Gasteiger partial charge is 0.123 e. The molecule has 1 aliphatic carbocycles. The summed E-state index contributed by atoms with van der Waals surface area (Å²) in [6, 6.07) is 4.23. The van der Waals surface area contributed by atoms with Crippen LogP contribution in [0.2, 0.25) is 0 Å². The summed E-state index contributed by atoms with van der Waals surface area (Å²) in [7, 11) is 0. The normalized spacial score (nSPS) is 13.9. The minimum atomic E-state index is 0.174. The molecule has 0 saturated carbocycles.